The molecular weight excluding hydrogens is 114 g/mol. The normalized spacial score (nSPS) is 9.44. The Labute approximate surface area is 54.5 Å². The summed E-state index contributed by atoms with van der Waals surface area (Å²) in [5.41, 5.74) is 0.965. The lowest BCUT2D eigenvalue weighted by atomic mass is 10.4. The minimum atomic E-state index is 0.612. The quantitative estimate of drug-likeness (QED) is 0.424. The Bertz CT molecular complexity index is 162. The lowest BCUT2D eigenvalue weighted by Crippen LogP contribution is -1.91. The Balaban J connectivity index is 2.61. The van der Waals surface area contributed by atoms with Crippen molar-refractivity contribution in [3.63, 3.8) is 0 Å². The summed E-state index contributed by atoms with van der Waals surface area (Å²) < 4.78 is 3.69. The molecule has 1 aromatic rings. The van der Waals surface area contributed by atoms with Crippen LogP contribution in [0.4, 0.5) is 0 Å². The summed E-state index contributed by atoms with van der Waals surface area (Å²) in [7, 11) is 3.37. The smallest absolute Gasteiger partial charge is 0.162 e. The number of hydrogen-bond acceptors (Lipinski definition) is 1. The van der Waals surface area contributed by atoms with E-state index in [1.807, 2.05) is 18.2 Å². The molecule has 1 heterocycles. The molecule has 9 heavy (non-hydrogen) atoms. The third-order valence-corrected chi connectivity index (χ3v) is 1.000. The van der Waals surface area contributed by atoms with E-state index in [9.17, 15) is 0 Å². The van der Waals surface area contributed by atoms with Crippen LogP contribution >= 0.6 is 0 Å². The molecule has 0 aromatic carbocycles. The summed E-state index contributed by atoms with van der Waals surface area (Å²) in [5.74, 6) is 0. The van der Waals surface area contributed by atoms with Gasteiger partial charge in [-0.05, 0) is 12.1 Å². The Hall–Kier alpha value is -0.890. The fourth-order valence-corrected chi connectivity index (χ4v) is 0.606. The molecule has 1 N–H and O–H groups in total. The van der Waals surface area contributed by atoms with Crippen molar-refractivity contribution in [3.05, 3.63) is 37.2 Å². The summed E-state index contributed by atoms with van der Waals surface area (Å²) >= 11 is 0. The van der Waals surface area contributed by atoms with E-state index in [-0.39, 0.29) is 0 Å². The Morgan fingerprint density at radius 1 is 1.56 bits per heavy atom. The van der Waals surface area contributed by atoms with Crippen molar-refractivity contribution in [2.75, 3.05) is 0 Å². The highest BCUT2D eigenvalue weighted by Crippen LogP contribution is 1.92. The number of aliphatic hydroxyl groups is 2. The van der Waals surface area contributed by atoms with Gasteiger partial charge in [-0.3, -0.25) is 4.98 Å². The first-order chi connectivity index (χ1) is 4.43. The van der Waals surface area contributed by atoms with E-state index in [2.05, 4.69) is 16.8 Å². The van der Waals surface area contributed by atoms with Gasteiger partial charge in [-0.1, -0.05) is 13.2 Å². The maximum atomic E-state index is 4.03. The van der Waals surface area contributed by atoms with Gasteiger partial charge < -0.3 is 4.74 Å². The standard InChI is InChI=1S/C7H9NO/c1-9-6-7-4-2-3-5-8-7/h2-5,9H,1,6H2. The van der Waals surface area contributed by atoms with E-state index >= 15 is 0 Å². The van der Waals surface area contributed by atoms with E-state index in [1.165, 1.54) is 0 Å². The molecule has 0 spiro atoms. The molecule has 0 saturated heterocycles. The molecule has 2 heteroatoms. The van der Waals surface area contributed by atoms with E-state index in [4.69, 9.17) is 0 Å². The van der Waals surface area contributed by atoms with Crippen LogP contribution in [-0.2, 0) is 6.61 Å². The van der Waals surface area contributed by atoms with Gasteiger partial charge in [0.05, 0.1) is 0 Å². The van der Waals surface area contributed by atoms with Crippen molar-refractivity contribution >= 4 is 0 Å². The van der Waals surface area contributed by atoms with Gasteiger partial charge in [0.2, 0.25) is 0 Å². The highest BCUT2D eigenvalue weighted by molar-refractivity contribution is 5.01. The Morgan fingerprint density at radius 3 is 3.00 bits per heavy atom. The number of pyridine rings is 1. The first kappa shape index (κ1) is 6.23. The number of aromatic nitrogens is 1. The molecule has 0 aliphatic rings. The van der Waals surface area contributed by atoms with Crippen LogP contribution in [0.2, 0.25) is 0 Å². The van der Waals surface area contributed by atoms with Crippen molar-refractivity contribution in [1.29, 1.82) is 0 Å². The lowest BCUT2D eigenvalue weighted by Gasteiger charge is -1.96. The molecule has 0 aliphatic heterocycles. The minimum Gasteiger partial charge on any atom is -0.577 e. The van der Waals surface area contributed by atoms with Gasteiger partial charge in [-0.25, -0.2) is 0 Å². The van der Waals surface area contributed by atoms with Gasteiger partial charge >= 0.3 is 0 Å². The molecule has 0 unspecified atom stereocenters. The molecule has 0 atom stereocenters. The van der Waals surface area contributed by atoms with Crippen LogP contribution in [0, 0.1) is 7.11 Å². The van der Waals surface area contributed by atoms with Gasteiger partial charge in [0.1, 0.15) is 5.69 Å². The second-order valence-electron chi connectivity index (χ2n) is 1.70. The SMILES string of the molecule is [CH2-][OH+]Cc1ccccn1. The summed E-state index contributed by atoms with van der Waals surface area (Å²) in [5, 5.41) is 0. The molecule has 0 aliphatic carbocycles. The summed E-state index contributed by atoms with van der Waals surface area (Å²) in [4.78, 5) is 4.03. The number of hydrogen-bond donors (Lipinski definition) is 0. The van der Waals surface area contributed by atoms with Crippen molar-refractivity contribution < 1.29 is 4.74 Å². The fourth-order valence-electron chi connectivity index (χ4n) is 0.606. The van der Waals surface area contributed by atoms with Gasteiger partial charge in [0, 0.05) is 6.20 Å². The summed E-state index contributed by atoms with van der Waals surface area (Å²) in [6, 6.07) is 5.74. The number of ether oxygens (including phenoxy) is 1. The van der Waals surface area contributed by atoms with Crippen LogP contribution in [-0.4, -0.2) is 9.72 Å². The zero-order valence-corrected chi connectivity index (χ0v) is 5.12. The van der Waals surface area contributed by atoms with Gasteiger partial charge in [0.15, 0.2) is 6.61 Å². The second-order valence-corrected chi connectivity index (χ2v) is 1.70. The van der Waals surface area contributed by atoms with E-state index < -0.39 is 0 Å². The molecular formula is C7H9NO. The first-order valence-electron chi connectivity index (χ1n) is 2.76. The highest BCUT2D eigenvalue weighted by Gasteiger charge is 1.88. The number of rotatable bonds is 2. The maximum absolute atomic E-state index is 4.03. The zero-order chi connectivity index (χ0) is 6.53. The lowest BCUT2D eigenvalue weighted by molar-refractivity contribution is 0.0377. The van der Waals surface area contributed by atoms with Crippen LogP contribution in [0.15, 0.2) is 24.4 Å². The van der Waals surface area contributed by atoms with E-state index in [0.717, 1.165) is 5.69 Å². The third-order valence-electron chi connectivity index (χ3n) is 1.000. The third kappa shape index (κ3) is 1.82. The zero-order valence-electron chi connectivity index (χ0n) is 5.12. The molecule has 48 valence electrons. The largest absolute Gasteiger partial charge is 0.577 e. The average Bonchev–Trinajstić information content (AvgIpc) is 1.91. The molecule has 0 amide bonds. The molecule has 0 saturated carbocycles. The van der Waals surface area contributed by atoms with Gasteiger partial charge in [0.25, 0.3) is 0 Å². The van der Waals surface area contributed by atoms with Crippen molar-refractivity contribution in [2.24, 2.45) is 0 Å². The minimum absolute atomic E-state index is 0.612. The molecule has 2 nitrogen and oxygen atoms in total. The maximum Gasteiger partial charge on any atom is 0.162 e. The topological polar surface area (TPSA) is 25.7 Å². The average molecular weight is 123 g/mol. The van der Waals surface area contributed by atoms with Crippen LogP contribution in [0.3, 0.4) is 0 Å². The van der Waals surface area contributed by atoms with Gasteiger partial charge in [-0.15, -0.1) is 0 Å². The summed E-state index contributed by atoms with van der Waals surface area (Å²) in [6.07, 6.45) is 1.75. The van der Waals surface area contributed by atoms with Crippen LogP contribution in [0.5, 0.6) is 0 Å². The van der Waals surface area contributed by atoms with Crippen molar-refractivity contribution in [1.82, 2.24) is 4.98 Å². The predicted octanol–water partition coefficient (Wildman–Crippen LogP) is 0.901. The molecule has 0 bridgehead atoms. The Kier molecular flexibility index (Phi) is 2.22. The predicted molar refractivity (Wildman–Crippen MR) is 35.5 cm³/mol. The van der Waals surface area contributed by atoms with Crippen LogP contribution in [0.25, 0.3) is 0 Å². The Morgan fingerprint density at radius 2 is 2.44 bits per heavy atom. The van der Waals surface area contributed by atoms with E-state index in [0.29, 0.717) is 6.61 Å². The monoisotopic (exact) mass is 123 g/mol. The molecule has 0 fully saturated rings. The summed E-state index contributed by atoms with van der Waals surface area (Å²) in [6.45, 7) is 0.612. The van der Waals surface area contributed by atoms with Crippen molar-refractivity contribution in [3.8, 4) is 0 Å². The number of nitrogens with zero attached hydrogens (tertiary/aromatic N) is 1. The van der Waals surface area contributed by atoms with E-state index in [1.54, 1.807) is 6.20 Å². The molecule has 1 rings (SSSR count). The molecule has 0 radical (unpaired) electrons. The molecule has 1 aromatic heterocycles. The van der Waals surface area contributed by atoms with Crippen LogP contribution < -0.4 is 0 Å². The van der Waals surface area contributed by atoms with Crippen molar-refractivity contribution in [2.45, 2.75) is 6.61 Å². The van der Waals surface area contributed by atoms with Gasteiger partial charge in [-0.2, -0.15) is 0 Å². The fraction of sp³-hybridized carbons (Fsp3) is 0.143. The second kappa shape index (κ2) is 3.20. The highest BCUT2D eigenvalue weighted by atomic mass is 16.5. The first-order valence-corrected chi connectivity index (χ1v) is 2.76. The van der Waals surface area contributed by atoms with Crippen LogP contribution in [0.1, 0.15) is 5.69 Å².